The molecule has 0 bridgehead atoms. The molecule has 2 N–H and O–H groups in total. The Morgan fingerprint density at radius 2 is 1.70 bits per heavy atom. The fourth-order valence-corrected chi connectivity index (χ4v) is 2.75. The van der Waals surface area contributed by atoms with Crippen molar-refractivity contribution < 1.29 is 23.0 Å². The van der Waals surface area contributed by atoms with Gasteiger partial charge in [-0.15, -0.1) is 0 Å². The van der Waals surface area contributed by atoms with E-state index in [0.29, 0.717) is 18.3 Å². The second-order valence-electron chi connectivity index (χ2n) is 6.23. The van der Waals surface area contributed by atoms with Crippen molar-refractivity contribution in [1.82, 2.24) is 25.3 Å². The van der Waals surface area contributed by atoms with Crippen molar-refractivity contribution in [2.75, 3.05) is 25.0 Å². The molecule has 0 saturated carbocycles. The number of nitrogens with one attached hydrogen (secondary N) is 2. The molecule has 0 unspecified atom stereocenters. The van der Waals surface area contributed by atoms with Gasteiger partial charge in [-0.05, 0) is 17.7 Å². The maximum atomic E-state index is 12.1. The van der Waals surface area contributed by atoms with E-state index in [1.165, 1.54) is 12.4 Å². The van der Waals surface area contributed by atoms with Gasteiger partial charge in [-0.2, -0.15) is 18.7 Å². The number of nitrogens with zero attached hydrogens (tertiary/aromatic N) is 4. The highest BCUT2D eigenvalue weighted by Gasteiger charge is 2.15. The molecule has 1 aromatic carbocycles. The number of rotatable bonds is 7. The number of ether oxygens (including phenoxy) is 3. The smallest absolute Gasteiger partial charge is 0.387 e. The molecule has 11 heteroatoms. The Morgan fingerprint density at radius 1 is 1.00 bits per heavy atom. The molecule has 2 aromatic heterocycles. The predicted molar refractivity (Wildman–Crippen MR) is 102 cm³/mol. The fraction of sp³-hybridized carbons (Fsp3) is 0.263. The van der Waals surface area contributed by atoms with E-state index in [1.54, 1.807) is 0 Å². The van der Waals surface area contributed by atoms with Crippen molar-refractivity contribution in [2.24, 2.45) is 0 Å². The summed E-state index contributed by atoms with van der Waals surface area (Å²) in [5.41, 5.74) is 1.93. The number of benzene rings is 1. The van der Waals surface area contributed by atoms with Gasteiger partial charge in [0, 0.05) is 18.8 Å². The summed E-state index contributed by atoms with van der Waals surface area (Å²) >= 11 is 0. The van der Waals surface area contributed by atoms with Gasteiger partial charge < -0.3 is 24.8 Å². The lowest BCUT2D eigenvalue weighted by molar-refractivity contribution is -0.0503. The monoisotopic (exact) mass is 416 g/mol. The molecule has 1 atom stereocenters. The van der Waals surface area contributed by atoms with Crippen LogP contribution in [0.2, 0.25) is 0 Å². The van der Waals surface area contributed by atoms with Crippen molar-refractivity contribution in [3.63, 3.8) is 0 Å². The summed E-state index contributed by atoms with van der Waals surface area (Å²) in [6.07, 6.45) is 5.11. The van der Waals surface area contributed by atoms with E-state index < -0.39 is 6.61 Å². The van der Waals surface area contributed by atoms with Crippen LogP contribution in [-0.2, 0) is 4.74 Å². The minimum atomic E-state index is -2.94. The Hall–Kier alpha value is -3.44. The molecule has 3 aromatic rings. The van der Waals surface area contributed by atoms with Crippen LogP contribution in [-0.4, -0.2) is 46.2 Å². The third-order valence-electron chi connectivity index (χ3n) is 4.13. The maximum absolute atomic E-state index is 12.1. The van der Waals surface area contributed by atoms with E-state index in [9.17, 15) is 8.78 Å². The molecule has 0 aliphatic carbocycles. The summed E-state index contributed by atoms with van der Waals surface area (Å²) in [6.45, 7) is -0.575. The number of hydrogen-bond donors (Lipinski definition) is 2. The second-order valence-corrected chi connectivity index (χ2v) is 6.23. The van der Waals surface area contributed by atoms with Gasteiger partial charge in [-0.25, -0.2) is 9.97 Å². The Balaban J connectivity index is 1.33. The lowest BCUT2D eigenvalue weighted by atomic mass is 10.1. The number of morpholine rings is 1. The average Bonchev–Trinajstić information content (AvgIpc) is 2.77. The van der Waals surface area contributed by atoms with Crippen LogP contribution >= 0.6 is 0 Å². The standard InChI is InChI=1S/C19H18F2N6O3/c20-17(21)29-14-9-25-19(26-10-14)30-15-7-23-18(24-8-15)27-13-3-1-12(2-4-13)16-11-22-5-6-28-16/h1-4,7-10,16-17,22H,5-6,11H2,(H,23,24,27)/t16-/m0/s1. The zero-order valence-electron chi connectivity index (χ0n) is 15.7. The fourth-order valence-electron chi connectivity index (χ4n) is 2.75. The third-order valence-corrected chi connectivity index (χ3v) is 4.13. The molecular weight excluding hydrogens is 398 g/mol. The molecule has 1 saturated heterocycles. The molecule has 3 heterocycles. The molecular formula is C19H18F2N6O3. The summed E-state index contributed by atoms with van der Waals surface area (Å²) < 4.78 is 39.6. The van der Waals surface area contributed by atoms with Crippen LogP contribution in [0.1, 0.15) is 11.7 Å². The summed E-state index contributed by atoms with van der Waals surface area (Å²) in [7, 11) is 0. The lowest BCUT2D eigenvalue weighted by Crippen LogP contribution is -2.33. The molecule has 156 valence electrons. The molecule has 4 rings (SSSR count). The molecule has 0 radical (unpaired) electrons. The van der Waals surface area contributed by atoms with Crippen LogP contribution in [0.25, 0.3) is 0 Å². The van der Waals surface area contributed by atoms with Crippen LogP contribution in [0.3, 0.4) is 0 Å². The van der Waals surface area contributed by atoms with Crippen molar-refractivity contribution in [1.29, 1.82) is 0 Å². The first-order valence-electron chi connectivity index (χ1n) is 9.12. The Kier molecular flexibility index (Phi) is 6.20. The highest BCUT2D eigenvalue weighted by Crippen LogP contribution is 2.23. The number of hydrogen-bond acceptors (Lipinski definition) is 9. The van der Waals surface area contributed by atoms with Gasteiger partial charge in [-0.3, -0.25) is 0 Å². The molecule has 30 heavy (non-hydrogen) atoms. The average molecular weight is 416 g/mol. The lowest BCUT2D eigenvalue weighted by Gasteiger charge is -2.24. The van der Waals surface area contributed by atoms with E-state index in [-0.39, 0.29) is 17.9 Å². The topological polar surface area (TPSA) is 103 Å². The quantitative estimate of drug-likeness (QED) is 0.601. The molecule has 0 amide bonds. The number of aromatic nitrogens is 4. The van der Waals surface area contributed by atoms with E-state index in [0.717, 1.165) is 36.7 Å². The summed E-state index contributed by atoms with van der Waals surface area (Å²) in [5, 5.41) is 6.40. The normalized spacial score (nSPS) is 16.3. The zero-order chi connectivity index (χ0) is 20.8. The van der Waals surface area contributed by atoms with Crippen LogP contribution in [0.15, 0.2) is 49.1 Å². The van der Waals surface area contributed by atoms with Crippen molar-refractivity contribution in [3.8, 4) is 17.5 Å². The Morgan fingerprint density at radius 3 is 2.33 bits per heavy atom. The number of alkyl halides is 2. The largest absolute Gasteiger partial charge is 0.432 e. The van der Waals surface area contributed by atoms with Gasteiger partial charge >= 0.3 is 12.6 Å². The highest BCUT2D eigenvalue weighted by atomic mass is 19.3. The zero-order valence-corrected chi connectivity index (χ0v) is 15.7. The summed E-state index contributed by atoms with van der Waals surface area (Å²) in [6, 6.07) is 7.80. The minimum Gasteiger partial charge on any atom is -0.432 e. The minimum absolute atomic E-state index is 0.0454. The van der Waals surface area contributed by atoms with Crippen molar-refractivity contribution >= 4 is 11.6 Å². The second kappa shape index (κ2) is 9.37. The van der Waals surface area contributed by atoms with E-state index in [1.807, 2.05) is 24.3 Å². The van der Waals surface area contributed by atoms with Gasteiger partial charge in [0.05, 0.1) is 37.5 Å². The van der Waals surface area contributed by atoms with Crippen LogP contribution in [0, 0.1) is 0 Å². The van der Waals surface area contributed by atoms with Crippen molar-refractivity contribution in [3.05, 3.63) is 54.6 Å². The molecule has 1 fully saturated rings. The predicted octanol–water partition coefficient (Wildman–Crippen LogP) is 3.06. The Labute approximate surface area is 170 Å². The first kappa shape index (κ1) is 19.9. The van der Waals surface area contributed by atoms with Gasteiger partial charge in [0.15, 0.2) is 11.5 Å². The van der Waals surface area contributed by atoms with E-state index >= 15 is 0 Å². The van der Waals surface area contributed by atoms with E-state index in [2.05, 4.69) is 35.3 Å². The first-order valence-corrected chi connectivity index (χ1v) is 9.12. The maximum Gasteiger partial charge on any atom is 0.387 e. The van der Waals surface area contributed by atoms with E-state index in [4.69, 9.17) is 9.47 Å². The molecule has 1 aliphatic rings. The van der Waals surface area contributed by atoms with Crippen molar-refractivity contribution in [2.45, 2.75) is 12.7 Å². The third kappa shape index (κ3) is 5.33. The molecule has 9 nitrogen and oxygen atoms in total. The van der Waals surface area contributed by atoms with Crippen LogP contribution in [0.5, 0.6) is 17.5 Å². The SMILES string of the molecule is FC(F)Oc1cnc(Oc2cnc(Nc3ccc([C@@H]4CNCCO4)cc3)nc2)nc1. The highest BCUT2D eigenvalue weighted by molar-refractivity contribution is 5.53. The van der Waals surface area contributed by atoms with Gasteiger partial charge in [0.25, 0.3) is 0 Å². The first-order chi connectivity index (χ1) is 14.7. The molecule has 0 spiro atoms. The number of halogens is 2. The summed E-state index contributed by atoms with van der Waals surface area (Å²) in [4.78, 5) is 15.9. The van der Waals surface area contributed by atoms with Crippen LogP contribution in [0.4, 0.5) is 20.4 Å². The Bertz CT molecular complexity index is 936. The molecule has 1 aliphatic heterocycles. The number of anilines is 2. The van der Waals surface area contributed by atoms with Gasteiger partial charge in [0.1, 0.15) is 0 Å². The van der Waals surface area contributed by atoms with Gasteiger partial charge in [0.2, 0.25) is 5.95 Å². The van der Waals surface area contributed by atoms with Gasteiger partial charge in [-0.1, -0.05) is 12.1 Å². The van der Waals surface area contributed by atoms with Crippen LogP contribution < -0.4 is 20.1 Å². The summed E-state index contributed by atoms with van der Waals surface area (Å²) in [5.74, 6) is 0.512.